The van der Waals surface area contributed by atoms with E-state index < -0.39 is 0 Å². The molecule has 1 saturated carbocycles. The summed E-state index contributed by atoms with van der Waals surface area (Å²) in [5, 5.41) is 3.10. The zero-order valence-corrected chi connectivity index (χ0v) is 16.2. The van der Waals surface area contributed by atoms with Gasteiger partial charge in [0.2, 0.25) is 5.91 Å². The van der Waals surface area contributed by atoms with E-state index in [4.69, 9.17) is 4.74 Å². The minimum Gasteiger partial charge on any atom is -0.497 e. The highest BCUT2D eigenvalue weighted by molar-refractivity contribution is 5.85. The maximum absolute atomic E-state index is 12.8. The molecule has 0 radical (unpaired) electrons. The highest BCUT2D eigenvalue weighted by atomic mass is 35.5. The van der Waals surface area contributed by atoms with E-state index in [2.05, 4.69) is 28.4 Å². The highest BCUT2D eigenvalue weighted by Gasteiger charge is 2.35. The Morgan fingerprint density at radius 3 is 2.68 bits per heavy atom. The van der Waals surface area contributed by atoms with Gasteiger partial charge >= 0.3 is 0 Å². The summed E-state index contributed by atoms with van der Waals surface area (Å²) >= 11 is 0. The molecule has 0 bridgehead atoms. The molecule has 1 heterocycles. The van der Waals surface area contributed by atoms with Crippen LogP contribution >= 0.6 is 12.4 Å². The van der Waals surface area contributed by atoms with E-state index in [1.165, 1.54) is 43.2 Å². The van der Waals surface area contributed by atoms with Crippen molar-refractivity contribution >= 4 is 18.3 Å². The lowest BCUT2D eigenvalue weighted by Gasteiger charge is -2.43. The lowest BCUT2D eigenvalue weighted by molar-refractivity contribution is -0.136. The molecule has 2 aliphatic rings. The third-order valence-corrected chi connectivity index (χ3v) is 5.69. The number of rotatable bonds is 5. The molecule has 1 aliphatic carbocycles. The summed E-state index contributed by atoms with van der Waals surface area (Å²) in [5.41, 5.74) is 2.64. The van der Waals surface area contributed by atoms with Crippen molar-refractivity contribution in [1.29, 1.82) is 0 Å². The van der Waals surface area contributed by atoms with E-state index in [0.29, 0.717) is 18.4 Å². The number of amides is 1. The normalized spacial score (nSPS) is 20.6. The summed E-state index contributed by atoms with van der Waals surface area (Å²) in [6.45, 7) is 1.48. The topological polar surface area (TPSA) is 41.6 Å². The Labute approximate surface area is 157 Å². The van der Waals surface area contributed by atoms with Crippen LogP contribution in [-0.2, 0) is 17.8 Å². The number of nitrogens with one attached hydrogen (secondary N) is 1. The van der Waals surface area contributed by atoms with Crippen LogP contribution in [-0.4, -0.2) is 37.6 Å². The molecular weight excluding hydrogens is 336 g/mol. The maximum Gasteiger partial charge on any atom is 0.224 e. The number of carbonyl (C=O) groups excluding carboxylic acids is 1. The monoisotopic (exact) mass is 366 g/mol. The van der Waals surface area contributed by atoms with Crippen molar-refractivity contribution in [2.75, 3.05) is 20.7 Å². The second-order valence-corrected chi connectivity index (χ2v) is 7.18. The number of halogens is 1. The lowest BCUT2D eigenvalue weighted by Crippen LogP contribution is -2.49. The molecular formula is C20H31ClN2O2. The predicted octanol–water partition coefficient (Wildman–Crippen LogP) is 3.56. The summed E-state index contributed by atoms with van der Waals surface area (Å²) in [6, 6.07) is 6.72. The van der Waals surface area contributed by atoms with Gasteiger partial charge in [0, 0.05) is 25.6 Å². The standard InChI is InChI=1S/C20H30N2O2.ClH/c1-21-11-10-20(23)22-14-17-12-18(24-2)9-8-16(17)13-19(22)15-6-4-3-5-7-15;/h8-9,12,15,19,21H,3-7,10-11,13-14H2,1-2H3;1H. The van der Waals surface area contributed by atoms with Gasteiger partial charge in [0.1, 0.15) is 5.75 Å². The van der Waals surface area contributed by atoms with Gasteiger partial charge in [-0.3, -0.25) is 4.79 Å². The summed E-state index contributed by atoms with van der Waals surface area (Å²) < 4.78 is 5.37. The summed E-state index contributed by atoms with van der Waals surface area (Å²) in [7, 11) is 3.60. The average molecular weight is 367 g/mol. The zero-order chi connectivity index (χ0) is 16.9. The fourth-order valence-corrected chi connectivity index (χ4v) is 4.30. The Morgan fingerprint density at radius 1 is 1.24 bits per heavy atom. The first kappa shape index (κ1) is 20.1. The van der Waals surface area contributed by atoms with Crippen LogP contribution < -0.4 is 10.1 Å². The predicted molar refractivity (Wildman–Crippen MR) is 103 cm³/mol. The number of hydrogen-bond donors (Lipinski definition) is 1. The summed E-state index contributed by atoms with van der Waals surface area (Å²) in [5.74, 6) is 1.83. The van der Waals surface area contributed by atoms with E-state index in [1.54, 1.807) is 7.11 Å². The van der Waals surface area contributed by atoms with Crippen molar-refractivity contribution < 1.29 is 9.53 Å². The van der Waals surface area contributed by atoms with Crippen molar-refractivity contribution in [2.24, 2.45) is 5.92 Å². The molecule has 1 aromatic carbocycles. The van der Waals surface area contributed by atoms with Crippen LogP contribution in [0, 0.1) is 5.92 Å². The first-order valence-corrected chi connectivity index (χ1v) is 9.32. The lowest BCUT2D eigenvalue weighted by atomic mass is 9.78. The third-order valence-electron chi connectivity index (χ3n) is 5.69. The van der Waals surface area contributed by atoms with Crippen LogP contribution in [0.3, 0.4) is 0 Å². The Morgan fingerprint density at radius 2 is 2.00 bits per heavy atom. The quantitative estimate of drug-likeness (QED) is 0.866. The Balaban J connectivity index is 0.00000225. The maximum atomic E-state index is 12.8. The fraction of sp³-hybridized carbons (Fsp3) is 0.650. The largest absolute Gasteiger partial charge is 0.497 e. The summed E-state index contributed by atoms with van der Waals surface area (Å²) in [6.07, 6.45) is 8.10. The molecule has 3 rings (SSSR count). The van der Waals surface area contributed by atoms with Crippen LogP contribution in [0.1, 0.15) is 49.7 Å². The van der Waals surface area contributed by atoms with Crippen molar-refractivity contribution in [2.45, 2.75) is 57.5 Å². The van der Waals surface area contributed by atoms with Gasteiger partial charge in [-0.1, -0.05) is 25.3 Å². The van der Waals surface area contributed by atoms with E-state index >= 15 is 0 Å². The first-order chi connectivity index (χ1) is 11.7. The summed E-state index contributed by atoms with van der Waals surface area (Å²) in [4.78, 5) is 15.0. The minimum atomic E-state index is 0. The van der Waals surface area contributed by atoms with Gasteiger partial charge in [-0.05, 0) is 55.5 Å². The Kier molecular flexibility index (Phi) is 7.57. The Bertz CT molecular complexity index is 573. The molecule has 1 atom stereocenters. The molecule has 1 fully saturated rings. The van der Waals surface area contributed by atoms with Gasteiger partial charge in [0.15, 0.2) is 0 Å². The number of carbonyl (C=O) groups is 1. The highest BCUT2D eigenvalue weighted by Crippen LogP contribution is 2.36. The van der Waals surface area contributed by atoms with Gasteiger partial charge < -0.3 is 15.0 Å². The molecule has 0 saturated heterocycles. The number of ether oxygens (including phenoxy) is 1. The molecule has 5 heteroatoms. The molecule has 1 aliphatic heterocycles. The number of fused-ring (bicyclic) bond motifs is 1. The molecule has 1 aromatic rings. The van der Waals surface area contributed by atoms with Gasteiger partial charge in [0.05, 0.1) is 7.11 Å². The number of methoxy groups -OCH3 is 1. The average Bonchev–Trinajstić information content (AvgIpc) is 2.65. The smallest absolute Gasteiger partial charge is 0.224 e. The van der Waals surface area contributed by atoms with Gasteiger partial charge in [-0.15, -0.1) is 12.4 Å². The van der Waals surface area contributed by atoms with Crippen LogP contribution in [0.15, 0.2) is 18.2 Å². The van der Waals surface area contributed by atoms with E-state index in [1.807, 2.05) is 7.05 Å². The van der Waals surface area contributed by atoms with Gasteiger partial charge in [-0.2, -0.15) is 0 Å². The van der Waals surface area contributed by atoms with Crippen LogP contribution in [0.25, 0.3) is 0 Å². The fourth-order valence-electron chi connectivity index (χ4n) is 4.30. The molecule has 1 unspecified atom stereocenters. The van der Waals surface area contributed by atoms with Crippen LogP contribution in [0.2, 0.25) is 0 Å². The van der Waals surface area contributed by atoms with Gasteiger partial charge in [0.25, 0.3) is 0 Å². The minimum absolute atomic E-state index is 0. The SMILES string of the molecule is CNCCC(=O)N1Cc2cc(OC)ccc2CC1C1CCCCC1.Cl. The van der Waals surface area contributed by atoms with Crippen LogP contribution in [0.5, 0.6) is 5.75 Å². The second kappa shape index (κ2) is 9.44. The molecule has 25 heavy (non-hydrogen) atoms. The van der Waals surface area contributed by atoms with E-state index in [9.17, 15) is 4.79 Å². The third kappa shape index (κ3) is 4.68. The number of nitrogens with zero attached hydrogens (tertiary/aromatic N) is 1. The molecule has 140 valence electrons. The van der Waals surface area contributed by atoms with Crippen molar-refractivity contribution in [3.8, 4) is 5.75 Å². The van der Waals surface area contributed by atoms with E-state index in [-0.39, 0.29) is 18.3 Å². The Hall–Kier alpha value is -1.26. The van der Waals surface area contributed by atoms with Gasteiger partial charge in [-0.25, -0.2) is 0 Å². The van der Waals surface area contributed by atoms with Crippen LogP contribution in [0.4, 0.5) is 0 Å². The van der Waals surface area contributed by atoms with Crippen molar-refractivity contribution in [3.05, 3.63) is 29.3 Å². The molecule has 1 amide bonds. The molecule has 0 aromatic heterocycles. The van der Waals surface area contributed by atoms with Crippen molar-refractivity contribution in [1.82, 2.24) is 10.2 Å². The first-order valence-electron chi connectivity index (χ1n) is 9.32. The van der Waals surface area contributed by atoms with Crippen molar-refractivity contribution in [3.63, 3.8) is 0 Å². The number of hydrogen-bond acceptors (Lipinski definition) is 3. The number of benzene rings is 1. The molecule has 4 nitrogen and oxygen atoms in total. The molecule has 1 N–H and O–H groups in total. The second-order valence-electron chi connectivity index (χ2n) is 7.18. The zero-order valence-electron chi connectivity index (χ0n) is 15.4. The van der Waals surface area contributed by atoms with E-state index in [0.717, 1.165) is 25.3 Å². The molecule has 0 spiro atoms.